The first-order chi connectivity index (χ1) is 4.33. The van der Waals surface area contributed by atoms with Crippen LogP contribution < -0.4 is 0 Å². The average Bonchev–Trinajstić information content (AvgIpc) is 1.90. The maximum Gasteiger partial charge on any atom is 0.0589 e. The van der Waals surface area contributed by atoms with Crippen LogP contribution in [0.5, 0.6) is 0 Å². The van der Waals surface area contributed by atoms with Crippen molar-refractivity contribution in [2.24, 2.45) is 0 Å². The van der Waals surface area contributed by atoms with Gasteiger partial charge in [-0.2, -0.15) is 0 Å². The van der Waals surface area contributed by atoms with Crippen molar-refractivity contribution in [1.82, 2.24) is 4.98 Å². The zero-order valence-corrected chi connectivity index (χ0v) is 7.56. The molecule has 0 aliphatic heterocycles. The fourth-order valence-corrected chi connectivity index (χ4v) is 1.05. The van der Waals surface area contributed by atoms with Crippen LogP contribution in [-0.4, -0.2) is 4.98 Å². The Morgan fingerprint density at radius 1 is 1.56 bits per heavy atom. The minimum absolute atomic E-state index is 0.698. The van der Waals surface area contributed by atoms with Crippen LogP contribution in [0.4, 0.5) is 0 Å². The second-order valence-electron chi connectivity index (χ2n) is 1.60. The van der Waals surface area contributed by atoms with E-state index in [1.54, 1.807) is 6.20 Å². The van der Waals surface area contributed by atoms with Gasteiger partial charge in [0.1, 0.15) is 0 Å². The summed E-state index contributed by atoms with van der Waals surface area (Å²) in [5.74, 6) is 0. The van der Waals surface area contributed by atoms with Crippen LogP contribution in [0.15, 0.2) is 18.3 Å². The maximum absolute atomic E-state index is 5.60. The van der Waals surface area contributed by atoms with E-state index in [1.807, 2.05) is 12.1 Å². The fraction of sp³-hybridized carbons (Fsp3) is 0.167. The molecule has 0 spiro atoms. The van der Waals surface area contributed by atoms with E-state index >= 15 is 0 Å². The molecule has 1 aromatic rings. The average molecular weight is 253 g/mol. The Hall–Kier alpha value is 0.170. The molecule has 0 bridgehead atoms. The van der Waals surface area contributed by atoms with E-state index in [0.29, 0.717) is 5.02 Å². The van der Waals surface area contributed by atoms with E-state index in [0.717, 1.165) is 10.1 Å². The van der Waals surface area contributed by atoms with Crippen molar-refractivity contribution in [3.8, 4) is 0 Å². The summed E-state index contributed by atoms with van der Waals surface area (Å²) in [4.78, 5) is 4.06. The summed E-state index contributed by atoms with van der Waals surface area (Å²) in [5, 5.41) is 0.698. The summed E-state index contributed by atoms with van der Waals surface area (Å²) in [6, 6.07) is 3.78. The molecule has 0 aliphatic carbocycles. The van der Waals surface area contributed by atoms with Gasteiger partial charge in [0.05, 0.1) is 10.7 Å². The van der Waals surface area contributed by atoms with Gasteiger partial charge in [-0.3, -0.25) is 4.98 Å². The fourth-order valence-electron chi connectivity index (χ4n) is 0.485. The Morgan fingerprint density at radius 3 is 2.78 bits per heavy atom. The summed E-state index contributed by atoms with van der Waals surface area (Å²) < 4.78 is 0.939. The molecule has 0 aliphatic rings. The Labute approximate surface area is 72.6 Å². The smallest absolute Gasteiger partial charge is 0.0589 e. The van der Waals surface area contributed by atoms with Gasteiger partial charge >= 0.3 is 0 Å². The van der Waals surface area contributed by atoms with Crippen molar-refractivity contribution in [1.29, 1.82) is 0 Å². The molecule has 0 saturated carbocycles. The van der Waals surface area contributed by atoms with E-state index in [4.69, 9.17) is 11.6 Å². The van der Waals surface area contributed by atoms with Crippen molar-refractivity contribution < 1.29 is 0 Å². The topological polar surface area (TPSA) is 12.9 Å². The van der Waals surface area contributed by atoms with Gasteiger partial charge in [0.2, 0.25) is 0 Å². The van der Waals surface area contributed by atoms with Crippen molar-refractivity contribution in [2.45, 2.75) is 4.43 Å². The van der Waals surface area contributed by atoms with Gasteiger partial charge in [-0.1, -0.05) is 34.2 Å². The second-order valence-corrected chi connectivity index (χ2v) is 2.80. The lowest BCUT2D eigenvalue weighted by atomic mass is 10.4. The zero-order chi connectivity index (χ0) is 6.69. The highest BCUT2D eigenvalue weighted by Crippen LogP contribution is 2.07. The summed E-state index contributed by atoms with van der Waals surface area (Å²) in [5.41, 5.74) is 1.07. The predicted octanol–water partition coefficient (Wildman–Crippen LogP) is 2.67. The van der Waals surface area contributed by atoms with Gasteiger partial charge in [0.25, 0.3) is 0 Å². The molecule has 0 aromatic carbocycles. The molecule has 1 heterocycles. The molecule has 0 radical (unpaired) electrons. The first kappa shape index (κ1) is 7.28. The van der Waals surface area contributed by atoms with Crippen molar-refractivity contribution in [2.75, 3.05) is 0 Å². The van der Waals surface area contributed by atoms with Crippen LogP contribution in [0.25, 0.3) is 0 Å². The summed E-state index contributed by atoms with van der Waals surface area (Å²) in [6.45, 7) is 0. The lowest BCUT2D eigenvalue weighted by Gasteiger charge is -1.91. The van der Waals surface area contributed by atoms with Gasteiger partial charge in [0, 0.05) is 10.6 Å². The molecule has 48 valence electrons. The molecule has 0 unspecified atom stereocenters. The molecule has 1 aromatic heterocycles. The number of aromatic nitrogens is 1. The molecular formula is C6H5ClIN. The molecule has 0 N–H and O–H groups in total. The maximum atomic E-state index is 5.60. The minimum atomic E-state index is 0.698. The summed E-state index contributed by atoms with van der Waals surface area (Å²) >= 11 is 7.86. The van der Waals surface area contributed by atoms with E-state index in [1.165, 1.54) is 0 Å². The standard InChI is InChI=1S/C6H5ClIN/c7-5-1-2-6(3-8)9-4-5/h1-2,4H,3H2. The van der Waals surface area contributed by atoms with Crippen molar-refractivity contribution in [3.63, 3.8) is 0 Å². The summed E-state index contributed by atoms with van der Waals surface area (Å²) in [6.07, 6.45) is 1.66. The Morgan fingerprint density at radius 2 is 2.33 bits per heavy atom. The van der Waals surface area contributed by atoms with Gasteiger partial charge < -0.3 is 0 Å². The van der Waals surface area contributed by atoms with Crippen LogP contribution in [-0.2, 0) is 4.43 Å². The SMILES string of the molecule is Clc1ccc(CI)nc1. The second kappa shape index (κ2) is 3.37. The van der Waals surface area contributed by atoms with E-state index in [9.17, 15) is 0 Å². The monoisotopic (exact) mass is 253 g/mol. The number of pyridine rings is 1. The Bertz CT molecular complexity index is 185. The lowest BCUT2D eigenvalue weighted by Crippen LogP contribution is -1.80. The quantitative estimate of drug-likeness (QED) is 0.554. The largest absolute Gasteiger partial charge is 0.259 e. The highest BCUT2D eigenvalue weighted by molar-refractivity contribution is 14.1. The number of hydrogen-bond donors (Lipinski definition) is 0. The molecule has 1 nitrogen and oxygen atoms in total. The number of hydrogen-bond acceptors (Lipinski definition) is 1. The van der Waals surface area contributed by atoms with Crippen LogP contribution >= 0.6 is 34.2 Å². The van der Waals surface area contributed by atoms with Gasteiger partial charge in [-0.05, 0) is 12.1 Å². The third kappa shape index (κ3) is 2.10. The molecule has 0 atom stereocenters. The number of alkyl halides is 1. The predicted molar refractivity (Wildman–Crippen MR) is 47.0 cm³/mol. The van der Waals surface area contributed by atoms with Crippen molar-refractivity contribution >= 4 is 34.2 Å². The molecule has 0 saturated heterocycles. The molecule has 9 heavy (non-hydrogen) atoms. The third-order valence-electron chi connectivity index (χ3n) is 0.926. The van der Waals surface area contributed by atoms with Gasteiger partial charge in [0.15, 0.2) is 0 Å². The van der Waals surface area contributed by atoms with Crippen LogP contribution in [0.1, 0.15) is 5.69 Å². The molecule has 0 fully saturated rings. The molecule has 1 rings (SSSR count). The van der Waals surface area contributed by atoms with Gasteiger partial charge in [-0.15, -0.1) is 0 Å². The highest BCUT2D eigenvalue weighted by atomic mass is 127. The van der Waals surface area contributed by atoms with Crippen LogP contribution in [0, 0.1) is 0 Å². The third-order valence-corrected chi connectivity index (χ3v) is 1.93. The first-order valence-corrected chi connectivity index (χ1v) is 4.39. The van der Waals surface area contributed by atoms with E-state index in [2.05, 4.69) is 27.6 Å². The molecule has 0 amide bonds. The van der Waals surface area contributed by atoms with Crippen LogP contribution in [0.3, 0.4) is 0 Å². The lowest BCUT2D eigenvalue weighted by molar-refractivity contribution is 1.19. The first-order valence-electron chi connectivity index (χ1n) is 2.49. The number of nitrogens with zero attached hydrogens (tertiary/aromatic N) is 1. The Balaban J connectivity index is 2.88. The minimum Gasteiger partial charge on any atom is -0.259 e. The highest BCUT2D eigenvalue weighted by Gasteiger charge is 1.88. The Kier molecular flexibility index (Phi) is 2.72. The number of halogens is 2. The van der Waals surface area contributed by atoms with Gasteiger partial charge in [-0.25, -0.2) is 0 Å². The molecular weight excluding hydrogens is 248 g/mol. The van der Waals surface area contributed by atoms with Crippen LogP contribution in [0.2, 0.25) is 5.02 Å². The number of rotatable bonds is 1. The normalized spacial score (nSPS) is 9.56. The van der Waals surface area contributed by atoms with Crippen molar-refractivity contribution in [3.05, 3.63) is 29.0 Å². The summed E-state index contributed by atoms with van der Waals surface area (Å²) in [7, 11) is 0. The van der Waals surface area contributed by atoms with E-state index in [-0.39, 0.29) is 0 Å². The molecule has 3 heteroatoms. The van der Waals surface area contributed by atoms with E-state index < -0.39 is 0 Å². The zero-order valence-electron chi connectivity index (χ0n) is 4.64.